The van der Waals surface area contributed by atoms with Crippen LogP contribution in [0.1, 0.15) is 12.5 Å². The number of ether oxygens (including phenoxy) is 1. The normalized spacial score (nSPS) is 11.1. The predicted molar refractivity (Wildman–Crippen MR) is 59.9 cm³/mol. The number of esters is 1. The fourth-order valence-electron chi connectivity index (χ4n) is 1.25. The van der Waals surface area contributed by atoms with Crippen molar-refractivity contribution in [3.63, 3.8) is 0 Å². The average Bonchev–Trinajstić information content (AvgIpc) is 2.29. The first-order chi connectivity index (χ1) is 7.49. The van der Waals surface area contributed by atoms with E-state index in [0.29, 0.717) is 5.56 Å². The Labute approximate surface area is 95.2 Å². The van der Waals surface area contributed by atoms with Gasteiger partial charge >= 0.3 is 5.97 Å². The van der Waals surface area contributed by atoms with Gasteiger partial charge in [0.25, 0.3) is 0 Å². The van der Waals surface area contributed by atoms with E-state index in [1.54, 1.807) is 19.1 Å². The molecule has 0 fully saturated rings. The molecular formula is C11H14O4S. The predicted octanol–water partition coefficient (Wildman–Crippen LogP) is 1.20. The molecule has 0 atom stereocenters. The molecule has 0 saturated heterocycles. The number of methoxy groups -OCH3 is 1. The van der Waals surface area contributed by atoms with E-state index < -0.39 is 9.84 Å². The molecule has 1 aromatic rings. The van der Waals surface area contributed by atoms with E-state index in [2.05, 4.69) is 4.74 Å². The maximum absolute atomic E-state index is 11.6. The summed E-state index contributed by atoms with van der Waals surface area (Å²) in [5.74, 6) is -0.333. The van der Waals surface area contributed by atoms with E-state index in [4.69, 9.17) is 0 Å². The molecule has 5 heteroatoms. The molecule has 0 N–H and O–H groups in total. The van der Waals surface area contributed by atoms with Gasteiger partial charge in [0.05, 0.1) is 24.2 Å². The van der Waals surface area contributed by atoms with Crippen LogP contribution >= 0.6 is 0 Å². The summed E-state index contributed by atoms with van der Waals surface area (Å²) < 4.78 is 27.7. The second-order valence-corrected chi connectivity index (χ2v) is 5.58. The Morgan fingerprint density at radius 3 is 2.62 bits per heavy atom. The Balaban J connectivity index is 3.00. The third-order valence-corrected chi connectivity index (χ3v) is 3.95. The maximum Gasteiger partial charge on any atom is 0.309 e. The number of sulfone groups is 1. The third kappa shape index (κ3) is 3.06. The highest BCUT2D eigenvalue weighted by atomic mass is 32.2. The number of rotatable bonds is 4. The average molecular weight is 242 g/mol. The Morgan fingerprint density at radius 1 is 1.38 bits per heavy atom. The smallest absolute Gasteiger partial charge is 0.309 e. The summed E-state index contributed by atoms with van der Waals surface area (Å²) in [6.07, 6.45) is 0.0869. The summed E-state index contributed by atoms with van der Waals surface area (Å²) in [7, 11) is -1.91. The van der Waals surface area contributed by atoms with E-state index in [-0.39, 0.29) is 23.0 Å². The van der Waals surface area contributed by atoms with Crippen LogP contribution in [0.4, 0.5) is 0 Å². The zero-order valence-corrected chi connectivity index (χ0v) is 10.1. The van der Waals surface area contributed by atoms with Crippen molar-refractivity contribution in [3.05, 3.63) is 29.8 Å². The van der Waals surface area contributed by atoms with Gasteiger partial charge in [0.2, 0.25) is 0 Å². The van der Waals surface area contributed by atoms with Crippen LogP contribution in [0.3, 0.4) is 0 Å². The third-order valence-electron chi connectivity index (χ3n) is 2.21. The first-order valence-electron chi connectivity index (χ1n) is 4.88. The lowest BCUT2D eigenvalue weighted by atomic mass is 10.1. The second kappa shape index (κ2) is 5.12. The van der Waals surface area contributed by atoms with E-state index in [0.717, 1.165) is 0 Å². The molecule has 0 spiro atoms. The van der Waals surface area contributed by atoms with Crippen LogP contribution in [0.2, 0.25) is 0 Å². The molecule has 0 aliphatic carbocycles. The quantitative estimate of drug-likeness (QED) is 0.744. The Morgan fingerprint density at radius 2 is 2.06 bits per heavy atom. The highest BCUT2D eigenvalue weighted by Gasteiger charge is 2.12. The lowest BCUT2D eigenvalue weighted by Crippen LogP contribution is -2.07. The van der Waals surface area contributed by atoms with Crippen LogP contribution in [0.15, 0.2) is 29.2 Å². The van der Waals surface area contributed by atoms with Crippen molar-refractivity contribution < 1.29 is 17.9 Å². The number of benzene rings is 1. The van der Waals surface area contributed by atoms with Crippen molar-refractivity contribution in [2.24, 2.45) is 0 Å². The molecule has 1 aromatic carbocycles. The van der Waals surface area contributed by atoms with Crippen LogP contribution in [0.25, 0.3) is 0 Å². The van der Waals surface area contributed by atoms with E-state index in [9.17, 15) is 13.2 Å². The van der Waals surface area contributed by atoms with Gasteiger partial charge in [-0.25, -0.2) is 8.42 Å². The summed E-state index contributed by atoms with van der Waals surface area (Å²) in [5, 5.41) is 0. The fraction of sp³-hybridized carbons (Fsp3) is 0.364. The fourth-order valence-corrected chi connectivity index (χ4v) is 2.20. The van der Waals surface area contributed by atoms with Crippen LogP contribution in [0, 0.1) is 0 Å². The second-order valence-electron chi connectivity index (χ2n) is 3.30. The van der Waals surface area contributed by atoms with Gasteiger partial charge in [0.15, 0.2) is 9.84 Å². The summed E-state index contributed by atoms with van der Waals surface area (Å²) in [6, 6.07) is 6.36. The van der Waals surface area contributed by atoms with Crippen LogP contribution in [0.5, 0.6) is 0 Å². The SMILES string of the molecule is CCS(=O)(=O)c1cccc(CC(=O)OC)c1. The molecule has 0 amide bonds. The van der Waals surface area contributed by atoms with Gasteiger partial charge < -0.3 is 4.74 Å². The number of carbonyl (C=O) groups excluding carboxylic acids is 1. The van der Waals surface area contributed by atoms with Gasteiger partial charge in [0, 0.05) is 0 Å². The van der Waals surface area contributed by atoms with Crippen molar-refractivity contribution in [1.82, 2.24) is 0 Å². The van der Waals surface area contributed by atoms with Gasteiger partial charge in [-0.15, -0.1) is 0 Å². The van der Waals surface area contributed by atoms with Gasteiger partial charge in [-0.05, 0) is 17.7 Å². The largest absolute Gasteiger partial charge is 0.469 e. The lowest BCUT2D eigenvalue weighted by molar-refractivity contribution is -0.139. The van der Waals surface area contributed by atoms with E-state index >= 15 is 0 Å². The number of hydrogen-bond acceptors (Lipinski definition) is 4. The monoisotopic (exact) mass is 242 g/mol. The minimum Gasteiger partial charge on any atom is -0.469 e. The van der Waals surface area contributed by atoms with Gasteiger partial charge in [-0.1, -0.05) is 19.1 Å². The van der Waals surface area contributed by atoms with Crippen molar-refractivity contribution in [2.75, 3.05) is 12.9 Å². The molecule has 1 rings (SSSR count). The van der Waals surface area contributed by atoms with Crippen molar-refractivity contribution in [1.29, 1.82) is 0 Å². The Kier molecular flexibility index (Phi) is 4.06. The first kappa shape index (κ1) is 12.7. The first-order valence-corrected chi connectivity index (χ1v) is 6.53. The molecule has 88 valence electrons. The maximum atomic E-state index is 11.6. The van der Waals surface area contributed by atoms with Gasteiger partial charge in [0.1, 0.15) is 0 Å². The number of hydrogen-bond donors (Lipinski definition) is 0. The molecule has 0 aliphatic heterocycles. The van der Waals surface area contributed by atoms with Crippen LogP contribution in [-0.2, 0) is 25.8 Å². The molecule has 0 radical (unpaired) electrons. The van der Waals surface area contributed by atoms with Crippen molar-refractivity contribution in [2.45, 2.75) is 18.2 Å². The summed E-state index contributed by atoms with van der Waals surface area (Å²) in [6.45, 7) is 1.59. The van der Waals surface area contributed by atoms with Crippen molar-refractivity contribution in [3.8, 4) is 0 Å². The van der Waals surface area contributed by atoms with Crippen LogP contribution < -0.4 is 0 Å². The molecule has 4 nitrogen and oxygen atoms in total. The minimum absolute atomic E-state index is 0.0503. The Hall–Kier alpha value is -1.36. The van der Waals surface area contributed by atoms with E-state index in [1.807, 2.05) is 0 Å². The minimum atomic E-state index is -3.22. The Bertz CT molecular complexity index is 477. The summed E-state index contributed by atoms with van der Waals surface area (Å²) in [4.78, 5) is 11.3. The summed E-state index contributed by atoms with van der Waals surface area (Å²) in [5.41, 5.74) is 0.640. The molecule has 0 unspecified atom stereocenters. The highest BCUT2D eigenvalue weighted by Crippen LogP contribution is 2.13. The molecule has 0 aliphatic rings. The van der Waals surface area contributed by atoms with Crippen LogP contribution in [-0.4, -0.2) is 27.2 Å². The zero-order chi connectivity index (χ0) is 12.2. The molecule has 0 saturated carbocycles. The number of carbonyl (C=O) groups is 1. The zero-order valence-electron chi connectivity index (χ0n) is 9.26. The van der Waals surface area contributed by atoms with Crippen molar-refractivity contribution >= 4 is 15.8 Å². The molecule has 0 aromatic heterocycles. The summed E-state index contributed by atoms with van der Waals surface area (Å²) >= 11 is 0. The topological polar surface area (TPSA) is 60.4 Å². The van der Waals surface area contributed by atoms with E-state index in [1.165, 1.54) is 19.2 Å². The standard InChI is InChI=1S/C11H14O4S/c1-3-16(13,14)10-6-4-5-9(7-10)8-11(12)15-2/h4-7H,3,8H2,1-2H3. The van der Waals surface area contributed by atoms with Gasteiger partial charge in [-0.2, -0.15) is 0 Å². The van der Waals surface area contributed by atoms with Gasteiger partial charge in [-0.3, -0.25) is 4.79 Å². The molecule has 0 heterocycles. The lowest BCUT2D eigenvalue weighted by Gasteiger charge is -2.04. The molecule has 0 bridgehead atoms. The molecule has 16 heavy (non-hydrogen) atoms. The molecular weight excluding hydrogens is 228 g/mol. The highest BCUT2D eigenvalue weighted by molar-refractivity contribution is 7.91.